The number of amides is 2. The molecule has 0 aromatic heterocycles. The molecule has 1 atom stereocenters. The number of ketones is 1. The van der Waals surface area contributed by atoms with E-state index in [1.807, 2.05) is 0 Å². The van der Waals surface area contributed by atoms with E-state index in [4.69, 9.17) is 16.3 Å². The van der Waals surface area contributed by atoms with Crippen LogP contribution >= 0.6 is 11.6 Å². The van der Waals surface area contributed by atoms with Crippen LogP contribution in [0.4, 0.5) is 21.9 Å². The Kier molecular flexibility index (Phi) is 8.88. The normalized spacial score (nSPS) is 14.4. The molecule has 0 aliphatic heterocycles. The van der Waals surface area contributed by atoms with Crippen LogP contribution in [-0.4, -0.2) is 41.1 Å². The number of benzene rings is 2. The number of aldehydes is 1. The molecule has 38 heavy (non-hydrogen) atoms. The zero-order valence-corrected chi connectivity index (χ0v) is 22.4. The van der Waals surface area contributed by atoms with E-state index in [2.05, 4.69) is 5.32 Å². The Morgan fingerprint density at radius 1 is 1.16 bits per heavy atom. The third-order valence-corrected chi connectivity index (χ3v) is 6.73. The standard InChI is InChI=1S/C27H30ClN3O7/c1-16-13-19(10-9-17(16)15-32)30(18-7-5-6-8-18)26(35)38-23(24(33)27(2,3)4)25(34)29-22-14-20(31(36)37)11-12-21(22)28/h9-15,18,23H,5-8H2,1-4H3,(H,29,34). The molecule has 202 valence electrons. The average molecular weight is 544 g/mol. The van der Waals surface area contributed by atoms with Gasteiger partial charge in [0, 0.05) is 34.8 Å². The third kappa shape index (κ3) is 6.55. The Morgan fingerprint density at radius 2 is 1.82 bits per heavy atom. The second kappa shape index (κ2) is 11.7. The summed E-state index contributed by atoms with van der Waals surface area (Å²) in [4.78, 5) is 63.4. The number of nitro groups is 1. The molecule has 1 unspecified atom stereocenters. The smallest absolute Gasteiger partial charge is 0.415 e. The number of hydrogen-bond donors (Lipinski definition) is 1. The van der Waals surface area contributed by atoms with Crippen LogP contribution in [-0.2, 0) is 14.3 Å². The zero-order valence-electron chi connectivity index (χ0n) is 21.7. The van der Waals surface area contributed by atoms with Crippen molar-refractivity contribution in [3.8, 4) is 0 Å². The molecular formula is C27H30ClN3O7. The molecule has 1 aliphatic rings. The topological polar surface area (TPSA) is 136 Å². The Labute approximate surface area is 225 Å². The van der Waals surface area contributed by atoms with Gasteiger partial charge in [0.05, 0.1) is 15.6 Å². The molecule has 0 bridgehead atoms. The summed E-state index contributed by atoms with van der Waals surface area (Å²) in [5.74, 6) is -1.65. The number of aryl methyl sites for hydroxylation is 1. The first-order chi connectivity index (χ1) is 17.8. The van der Waals surface area contributed by atoms with Gasteiger partial charge in [-0.25, -0.2) is 4.79 Å². The van der Waals surface area contributed by atoms with Crippen molar-refractivity contribution in [2.24, 2.45) is 5.41 Å². The maximum Gasteiger partial charge on any atom is 0.415 e. The first-order valence-electron chi connectivity index (χ1n) is 12.2. The molecule has 1 saturated carbocycles. The highest BCUT2D eigenvalue weighted by Crippen LogP contribution is 2.32. The van der Waals surface area contributed by atoms with Gasteiger partial charge in [0.25, 0.3) is 11.6 Å². The van der Waals surface area contributed by atoms with Gasteiger partial charge < -0.3 is 10.1 Å². The molecule has 2 aromatic carbocycles. The first-order valence-corrected chi connectivity index (χ1v) is 12.6. The molecule has 0 spiro atoms. The van der Waals surface area contributed by atoms with Crippen molar-refractivity contribution in [3.63, 3.8) is 0 Å². The molecule has 10 nitrogen and oxygen atoms in total. The number of halogens is 1. The Hall–Kier alpha value is -3.79. The number of non-ortho nitro benzene ring substituents is 1. The van der Waals surface area contributed by atoms with Gasteiger partial charge in [-0.05, 0) is 49.6 Å². The van der Waals surface area contributed by atoms with Crippen LogP contribution in [0.5, 0.6) is 0 Å². The van der Waals surface area contributed by atoms with Crippen LogP contribution in [0.25, 0.3) is 0 Å². The molecule has 2 amide bonds. The van der Waals surface area contributed by atoms with Crippen LogP contribution in [0.1, 0.15) is 62.4 Å². The SMILES string of the molecule is Cc1cc(N(C(=O)OC(C(=O)Nc2cc([N+](=O)[O-])ccc2Cl)C(=O)C(C)(C)C)C2CCCC2)ccc1C=O. The van der Waals surface area contributed by atoms with Crippen LogP contribution in [0.3, 0.4) is 0 Å². The number of anilines is 2. The fourth-order valence-corrected chi connectivity index (χ4v) is 4.43. The lowest BCUT2D eigenvalue weighted by molar-refractivity contribution is -0.384. The van der Waals surface area contributed by atoms with E-state index < -0.39 is 34.2 Å². The summed E-state index contributed by atoms with van der Waals surface area (Å²) in [5, 5.41) is 13.6. The fraction of sp³-hybridized carbons (Fsp3) is 0.407. The Morgan fingerprint density at radius 3 is 2.37 bits per heavy atom. The summed E-state index contributed by atoms with van der Waals surface area (Å²) < 4.78 is 5.59. The van der Waals surface area contributed by atoms with Gasteiger partial charge in [-0.15, -0.1) is 0 Å². The quantitative estimate of drug-likeness (QED) is 0.190. The van der Waals surface area contributed by atoms with Gasteiger partial charge in [-0.1, -0.05) is 45.2 Å². The Balaban J connectivity index is 1.96. The highest BCUT2D eigenvalue weighted by Gasteiger charge is 2.40. The summed E-state index contributed by atoms with van der Waals surface area (Å²) in [6.07, 6.45) is 1.19. The lowest BCUT2D eigenvalue weighted by atomic mass is 9.87. The van der Waals surface area contributed by atoms with E-state index in [9.17, 15) is 29.3 Å². The van der Waals surface area contributed by atoms with Crippen LogP contribution in [0, 0.1) is 22.5 Å². The van der Waals surface area contributed by atoms with Crippen molar-refractivity contribution in [2.45, 2.75) is 65.5 Å². The van der Waals surface area contributed by atoms with E-state index in [1.54, 1.807) is 45.9 Å². The number of Topliss-reactive ketones (excluding diaryl/α,β-unsaturated/α-hetero) is 1. The molecule has 1 fully saturated rings. The van der Waals surface area contributed by atoms with E-state index >= 15 is 0 Å². The summed E-state index contributed by atoms with van der Waals surface area (Å²) in [6, 6.07) is 8.17. The minimum Gasteiger partial charge on any atom is -0.428 e. The van der Waals surface area contributed by atoms with Crippen LogP contribution < -0.4 is 10.2 Å². The highest BCUT2D eigenvalue weighted by atomic mass is 35.5. The number of rotatable bonds is 8. The van der Waals surface area contributed by atoms with Crippen molar-refractivity contribution >= 4 is 52.7 Å². The van der Waals surface area contributed by atoms with Crippen molar-refractivity contribution < 1.29 is 28.8 Å². The summed E-state index contributed by atoms with van der Waals surface area (Å²) >= 11 is 6.12. The van der Waals surface area contributed by atoms with Gasteiger partial charge in [-0.2, -0.15) is 0 Å². The van der Waals surface area contributed by atoms with Crippen LogP contribution in [0.15, 0.2) is 36.4 Å². The van der Waals surface area contributed by atoms with Crippen molar-refractivity contribution in [3.05, 3.63) is 62.7 Å². The number of nitro benzene ring substituents is 1. The van der Waals surface area contributed by atoms with Crippen LogP contribution in [0.2, 0.25) is 5.02 Å². The van der Waals surface area contributed by atoms with Crippen molar-refractivity contribution in [1.82, 2.24) is 0 Å². The van der Waals surface area contributed by atoms with Gasteiger partial charge in [0.2, 0.25) is 6.10 Å². The summed E-state index contributed by atoms with van der Waals surface area (Å²) in [5.41, 5.74) is 0.142. The summed E-state index contributed by atoms with van der Waals surface area (Å²) in [7, 11) is 0. The predicted molar refractivity (Wildman–Crippen MR) is 143 cm³/mol. The monoisotopic (exact) mass is 543 g/mol. The van der Waals surface area contributed by atoms with E-state index in [0.29, 0.717) is 29.7 Å². The van der Waals surface area contributed by atoms with Gasteiger partial charge in [-0.3, -0.25) is 29.4 Å². The lowest BCUT2D eigenvalue weighted by Crippen LogP contribution is -2.48. The second-order valence-electron chi connectivity index (χ2n) is 10.3. The molecule has 0 heterocycles. The zero-order chi connectivity index (χ0) is 28.2. The van der Waals surface area contributed by atoms with E-state index in [0.717, 1.165) is 25.2 Å². The number of carbonyl (C=O) groups excluding carboxylic acids is 4. The molecule has 1 aliphatic carbocycles. The number of hydrogen-bond acceptors (Lipinski definition) is 7. The largest absolute Gasteiger partial charge is 0.428 e. The molecular weight excluding hydrogens is 514 g/mol. The first kappa shape index (κ1) is 28.8. The molecule has 3 rings (SSSR count). The minimum absolute atomic E-state index is 0.00978. The van der Waals surface area contributed by atoms with Gasteiger partial charge in [0.15, 0.2) is 5.78 Å². The van der Waals surface area contributed by atoms with E-state index in [1.165, 1.54) is 17.0 Å². The number of ether oxygens (including phenoxy) is 1. The average Bonchev–Trinajstić information content (AvgIpc) is 3.37. The minimum atomic E-state index is -1.85. The number of nitrogens with zero attached hydrogens (tertiary/aromatic N) is 2. The second-order valence-corrected chi connectivity index (χ2v) is 10.7. The molecule has 11 heteroatoms. The van der Waals surface area contributed by atoms with E-state index in [-0.39, 0.29) is 22.4 Å². The molecule has 0 radical (unpaired) electrons. The number of nitrogens with one attached hydrogen (secondary N) is 1. The lowest BCUT2D eigenvalue weighted by Gasteiger charge is -2.31. The summed E-state index contributed by atoms with van der Waals surface area (Å²) in [6.45, 7) is 6.49. The maximum atomic E-state index is 13.6. The highest BCUT2D eigenvalue weighted by molar-refractivity contribution is 6.34. The fourth-order valence-electron chi connectivity index (χ4n) is 4.27. The molecule has 2 aromatic rings. The molecule has 0 saturated heterocycles. The Bertz CT molecular complexity index is 1270. The van der Waals surface area contributed by atoms with Gasteiger partial charge >= 0.3 is 6.09 Å². The van der Waals surface area contributed by atoms with Crippen molar-refractivity contribution in [1.29, 1.82) is 0 Å². The third-order valence-electron chi connectivity index (χ3n) is 6.40. The number of carbonyl (C=O) groups is 4. The maximum absolute atomic E-state index is 13.6. The molecule has 1 N–H and O–H groups in total. The van der Waals surface area contributed by atoms with Gasteiger partial charge in [0.1, 0.15) is 6.29 Å². The predicted octanol–water partition coefficient (Wildman–Crippen LogP) is 5.88. The van der Waals surface area contributed by atoms with Crippen molar-refractivity contribution in [2.75, 3.05) is 10.2 Å².